The standard InChI is InChI=1S/C19H21N3O2/c1-12-9-13(2)18(14(3)10-12)20-11-17-21-22-19(24-17)15-7-5-6-8-16(15)23-4/h5-10,20H,11H2,1-4H3. The quantitative estimate of drug-likeness (QED) is 0.759. The third-order valence-corrected chi connectivity index (χ3v) is 3.90. The second-order valence-corrected chi connectivity index (χ2v) is 5.83. The van der Waals surface area contributed by atoms with Gasteiger partial charge in [0, 0.05) is 5.69 Å². The first-order valence-electron chi connectivity index (χ1n) is 7.86. The van der Waals surface area contributed by atoms with Crippen molar-refractivity contribution in [2.75, 3.05) is 12.4 Å². The summed E-state index contributed by atoms with van der Waals surface area (Å²) in [6, 6.07) is 11.9. The van der Waals surface area contributed by atoms with Gasteiger partial charge < -0.3 is 14.5 Å². The molecule has 1 heterocycles. The second-order valence-electron chi connectivity index (χ2n) is 5.83. The summed E-state index contributed by atoms with van der Waals surface area (Å²) in [5, 5.41) is 11.6. The highest BCUT2D eigenvalue weighted by atomic mass is 16.5. The third kappa shape index (κ3) is 3.25. The highest BCUT2D eigenvalue weighted by Crippen LogP contribution is 2.28. The molecule has 0 aliphatic carbocycles. The zero-order valence-electron chi connectivity index (χ0n) is 14.4. The van der Waals surface area contributed by atoms with Crippen LogP contribution in [0.25, 0.3) is 11.5 Å². The van der Waals surface area contributed by atoms with Crippen LogP contribution in [0.1, 0.15) is 22.6 Å². The van der Waals surface area contributed by atoms with Crippen LogP contribution in [0.3, 0.4) is 0 Å². The maximum atomic E-state index is 5.77. The van der Waals surface area contributed by atoms with Crippen molar-refractivity contribution in [3.8, 4) is 17.2 Å². The van der Waals surface area contributed by atoms with Gasteiger partial charge in [0.25, 0.3) is 5.89 Å². The smallest absolute Gasteiger partial charge is 0.251 e. The minimum Gasteiger partial charge on any atom is -0.496 e. The molecule has 0 aliphatic heterocycles. The SMILES string of the molecule is COc1ccccc1-c1nnc(CNc2c(C)cc(C)cc2C)o1. The number of aromatic nitrogens is 2. The Morgan fingerprint density at radius 2 is 1.75 bits per heavy atom. The van der Waals surface area contributed by atoms with Gasteiger partial charge in [0.1, 0.15) is 5.75 Å². The number of methoxy groups -OCH3 is 1. The molecule has 0 bridgehead atoms. The molecule has 0 saturated heterocycles. The largest absolute Gasteiger partial charge is 0.496 e. The Morgan fingerprint density at radius 1 is 1.04 bits per heavy atom. The van der Waals surface area contributed by atoms with Crippen LogP contribution in [0.2, 0.25) is 0 Å². The molecule has 0 radical (unpaired) electrons. The number of ether oxygens (including phenoxy) is 1. The maximum absolute atomic E-state index is 5.77. The van der Waals surface area contributed by atoms with Crippen LogP contribution in [0.15, 0.2) is 40.8 Å². The van der Waals surface area contributed by atoms with E-state index in [1.165, 1.54) is 16.7 Å². The fourth-order valence-electron chi connectivity index (χ4n) is 2.88. The Morgan fingerprint density at radius 3 is 2.46 bits per heavy atom. The molecule has 5 heteroatoms. The molecule has 0 amide bonds. The maximum Gasteiger partial charge on any atom is 0.251 e. The summed E-state index contributed by atoms with van der Waals surface area (Å²) < 4.78 is 11.1. The number of hydrogen-bond acceptors (Lipinski definition) is 5. The van der Waals surface area contributed by atoms with E-state index in [4.69, 9.17) is 9.15 Å². The average Bonchev–Trinajstić information content (AvgIpc) is 3.02. The van der Waals surface area contributed by atoms with Crippen molar-refractivity contribution in [1.82, 2.24) is 10.2 Å². The van der Waals surface area contributed by atoms with E-state index < -0.39 is 0 Å². The van der Waals surface area contributed by atoms with Crippen LogP contribution in [-0.4, -0.2) is 17.3 Å². The Bertz CT molecular complexity index is 832. The number of benzene rings is 2. The molecule has 0 aliphatic rings. The molecular weight excluding hydrogens is 302 g/mol. The van der Waals surface area contributed by atoms with E-state index in [1.807, 2.05) is 24.3 Å². The Labute approximate surface area is 141 Å². The van der Waals surface area contributed by atoms with E-state index in [0.29, 0.717) is 24.1 Å². The second kappa shape index (κ2) is 6.74. The van der Waals surface area contributed by atoms with E-state index >= 15 is 0 Å². The summed E-state index contributed by atoms with van der Waals surface area (Å²) in [7, 11) is 1.63. The fraction of sp³-hybridized carbons (Fsp3) is 0.263. The lowest BCUT2D eigenvalue weighted by Crippen LogP contribution is -2.03. The van der Waals surface area contributed by atoms with E-state index in [0.717, 1.165) is 11.3 Å². The van der Waals surface area contributed by atoms with Crippen LogP contribution >= 0.6 is 0 Å². The number of nitrogens with one attached hydrogen (secondary N) is 1. The first kappa shape index (κ1) is 16.1. The van der Waals surface area contributed by atoms with Gasteiger partial charge in [0.2, 0.25) is 5.89 Å². The first-order chi connectivity index (χ1) is 11.6. The van der Waals surface area contributed by atoms with Crippen LogP contribution in [-0.2, 0) is 6.54 Å². The van der Waals surface area contributed by atoms with Gasteiger partial charge in [0.05, 0.1) is 19.2 Å². The summed E-state index contributed by atoms with van der Waals surface area (Å²) in [6.45, 7) is 6.76. The van der Waals surface area contributed by atoms with E-state index in [-0.39, 0.29) is 0 Å². The molecule has 3 aromatic rings. The summed E-state index contributed by atoms with van der Waals surface area (Å²) in [4.78, 5) is 0. The molecule has 1 aromatic heterocycles. The summed E-state index contributed by atoms with van der Waals surface area (Å²) in [5.74, 6) is 1.71. The molecule has 24 heavy (non-hydrogen) atoms. The fourth-order valence-corrected chi connectivity index (χ4v) is 2.88. The number of rotatable bonds is 5. The number of para-hydroxylation sites is 1. The van der Waals surface area contributed by atoms with Crippen LogP contribution in [0, 0.1) is 20.8 Å². The number of aryl methyl sites for hydroxylation is 3. The van der Waals surface area contributed by atoms with E-state index in [9.17, 15) is 0 Å². The minimum absolute atomic E-state index is 0.460. The molecule has 5 nitrogen and oxygen atoms in total. The van der Waals surface area contributed by atoms with Crippen molar-refractivity contribution >= 4 is 5.69 Å². The van der Waals surface area contributed by atoms with Crippen molar-refractivity contribution in [3.05, 3.63) is 59.0 Å². The Balaban J connectivity index is 1.78. The molecule has 124 valence electrons. The van der Waals surface area contributed by atoms with Gasteiger partial charge >= 0.3 is 0 Å². The lowest BCUT2D eigenvalue weighted by Gasteiger charge is -2.12. The lowest BCUT2D eigenvalue weighted by atomic mass is 10.1. The predicted molar refractivity (Wildman–Crippen MR) is 94.3 cm³/mol. The molecule has 0 fully saturated rings. The van der Waals surface area contributed by atoms with Crippen LogP contribution < -0.4 is 10.1 Å². The van der Waals surface area contributed by atoms with Gasteiger partial charge in [-0.1, -0.05) is 29.8 Å². The third-order valence-electron chi connectivity index (χ3n) is 3.90. The monoisotopic (exact) mass is 323 g/mol. The number of nitrogens with zero attached hydrogens (tertiary/aromatic N) is 2. The van der Waals surface area contributed by atoms with Gasteiger partial charge in [-0.25, -0.2) is 0 Å². The van der Waals surface area contributed by atoms with Gasteiger partial charge in [-0.05, 0) is 44.0 Å². The molecule has 3 rings (SSSR count). The molecular formula is C19H21N3O2. The highest BCUT2D eigenvalue weighted by molar-refractivity contribution is 5.62. The zero-order valence-corrected chi connectivity index (χ0v) is 14.4. The normalized spacial score (nSPS) is 10.7. The lowest BCUT2D eigenvalue weighted by molar-refractivity contribution is 0.413. The molecule has 2 aromatic carbocycles. The summed E-state index contributed by atoms with van der Waals surface area (Å²) in [6.07, 6.45) is 0. The van der Waals surface area contributed by atoms with Crippen molar-refractivity contribution in [3.63, 3.8) is 0 Å². The molecule has 1 N–H and O–H groups in total. The zero-order chi connectivity index (χ0) is 17.1. The van der Waals surface area contributed by atoms with E-state index in [2.05, 4.69) is 48.4 Å². The average molecular weight is 323 g/mol. The van der Waals surface area contributed by atoms with Crippen LogP contribution in [0.4, 0.5) is 5.69 Å². The van der Waals surface area contributed by atoms with Gasteiger partial charge in [-0.2, -0.15) is 0 Å². The van der Waals surface area contributed by atoms with Gasteiger partial charge in [-0.3, -0.25) is 0 Å². The van der Waals surface area contributed by atoms with Crippen molar-refractivity contribution < 1.29 is 9.15 Å². The van der Waals surface area contributed by atoms with Crippen molar-refractivity contribution in [2.45, 2.75) is 27.3 Å². The van der Waals surface area contributed by atoms with Gasteiger partial charge in [0.15, 0.2) is 0 Å². The predicted octanol–water partition coefficient (Wildman–Crippen LogP) is 4.28. The van der Waals surface area contributed by atoms with E-state index in [1.54, 1.807) is 7.11 Å². The summed E-state index contributed by atoms with van der Waals surface area (Å²) >= 11 is 0. The molecule has 0 unspecified atom stereocenters. The number of anilines is 1. The number of hydrogen-bond donors (Lipinski definition) is 1. The summed E-state index contributed by atoms with van der Waals surface area (Å²) in [5.41, 5.74) is 5.57. The Kier molecular flexibility index (Phi) is 4.51. The first-order valence-corrected chi connectivity index (χ1v) is 7.86. The van der Waals surface area contributed by atoms with Crippen LogP contribution in [0.5, 0.6) is 5.75 Å². The minimum atomic E-state index is 0.460. The molecule has 0 spiro atoms. The van der Waals surface area contributed by atoms with Gasteiger partial charge in [-0.15, -0.1) is 10.2 Å². The molecule has 0 saturated carbocycles. The van der Waals surface area contributed by atoms with Crippen molar-refractivity contribution in [2.24, 2.45) is 0 Å². The van der Waals surface area contributed by atoms with Crippen molar-refractivity contribution in [1.29, 1.82) is 0 Å². The topological polar surface area (TPSA) is 60.2 Å². The molecule has 0 atom stereocenters. The highest BCUT2D eigenvalue weighted by Gasteiger charge is 2.13. The Hall–Kier alpha value is -2.82.